The molecule has 1 atom stereocenters. The molecule has 1 unspecified atom stereocenters. The molecule has 0 saturated carbocycles. The number of nitrogens with one attached hydrogen (secondary N) is 1. The highest BCUT2D eigenvalue weighted by molar-refractivity contribution is 7.89. The van der Waals surface area contributed by atoms with Crippen LogP contribution in [0, 0.1) is 13.8 Å². The van der Waals surface area contributed by atoms with Gasteiger partial charge >= 0.3 is 5.97 Å². The second kappa shape index (κ2) is 5.51. The molecule has 2 rings (SSSR count). The average molecular weight is 303 g/mol. The molecule has 1 saturated heterocycles. The zero-order valence-electron chi connectivity index (χ0n) is 11.3. The highest BCUT2D eigenvalue weighted by Crippen LogP contribution is 2.23. The molecule has 0 bridgehead atoms. The molecule has 0 radical (unpaired) electrons. The quantitative estimate of drug-likeness (QED) is 0.802. The number of aliphatic carboxylic acids is 1. The number of aromatic amines is 1. The summed E-state index contributed by atoms with van der Waals surface area (Å²) < 4.78 is 31.7. The molecule has 20 heavy (non-hydrogen) atoms. The largest absolute Gasteiger partial charge is 0.481 e. The normalized spacial score (nSPS) is 21.0. The number of carboxylic acid groups (broad SMARTS) is 1. The summed E-state index contributed by atoms with van der Waals surface area (Å²) in [4.78, 5) is 10.9. The summed E-state index contributed by atoms with van der Waals surface area (Å²) in [5.41, 5.74) is 0.882. The molecule has 112 valence electrons. The van der Waals surface area contributed by atoms with Gasteiger partial charge in [-0.05, 0) is 13.8 Å². The Hall–Kier alpha value is -1.45. The maximum Gasteiger partial charge on any atom is 0.306 e. The van der Waals surface area contributed by atoms with Crippen LogP contribution >= 0.6 is 0 Å². The molecule has 1 aliphatic rings. The standard InChI is InChI=1S/C11H17N3O5S/c1-7-11(8(2)13-12-7)20(17,18)14-3-4-19-9(6-14)5-10(15)16/h9H,3-6H2,1-2H3,(H,12,13)(H,15,16). The number of nitrogens with zero attached hydrogens (tertiary/aromatic N) is 2. The number of rotatable bonds is 4. The molecule has 0 amide bonds. The molecule has 2 N–H and O–H groups in total. The van der Waals surface area contributed by atoms with E-state index >= 15 is 0 Å². The van der Waals surface area contributed by atoms with Gasteiger partial charge in [0.05, 0.1) is 30.5 Å². The predicted molar refractivity (Wildman–Crippen MR) is 68.8 cm³/mol. The van der Waals surface area contributed by atoms with Crippen LogP contribution in [0.2, 0.25) is 0 Å². The minimum Gasteiger partial charge on any atom is -0.481 e. The summed E-state index contributed by atoms with van der Waals surface area (Å²) >= 11 is 0. The van der Waals surface area contributed by atoms with Crippen LogP contribution in [0.3, 0.4) is 0 Å². The summed E-state index contributed by atoms with van der Waals surface area (Å²) in [6.45, 7) is 3.70. The number of aromatic nitrogens is 2. The molecule has 0 aromatic carbocycles. The van der Waals surface area contributed by atoms with Crippen molar-refractivity contribution in [3.05, 3.63) is 11.4 Å². The first-order valence-corrected chi connectivity index (χ1v) is 7.61. The van der Waals surface area contributed by atoms with Gasteiger partial charge in [0.1, 0.15) is 4.90 Å². The van der Waals surface area contributed by atoms with Crippen molar-refractivity contribution >= 4 is 16.0 Å². The molecule has 1 fully saturated rings. The fourth-order valence-corrected chi connectivity index (χ4v) is 4.07. The van der Waals surface area contributed by atoms with Crippen LogP contribution in [0.25, 0.3) is 0 Å². The average Bonchev–Trinajstić information content (AvgIpc) is 2.69. The van der Waals surface area contributed by atoms with Crippen LogP contribution in [-0.4, -0.2) is 59.8 Å². The molecule has 0 spiro atoms. The first-order valence-electron chi connectivity index (χ1n) is 6.17. The van der Waals surface area contributed by atoms with Crippen molar-refractivity contribution in [2.45, 2.75) is 31.3 Å². The van der Waals surface area contributed by atoms with Gasteiger partial charge in [-0.3, -0.25) is 9.89 Å². The second-order valence-electron chi connectivity index (χ2n) is 4.72. The van der Waals surface area contributed by atoms with Crippen molar-refractivity contribution < 1.29 is 23.1 Å². The number of morpholine rings is 1. The van der Waals surface area contributed by atoms with E-state index in [1.807, 2.05) is 0 Å². The molecule has 0 aliphatic carbocycles. The Morgan fingerprint density at radius 2 is 2.25 bits per heavy atom. The third kappa shape index (κ3) is 2.84. The van der Waals surface area contributed by atoms with E-state index in [1.54, 1.807) is 13.8 Å². The summed E-state index contributed by atoms with van der Waals surface area (Å²) in [5, 5.41) is 15.3. The predicted octanol–water partition coefficient (Wildman–Crippen LogP) is -0.109. The summed E-state index contributed by atoms with van der Waals surface area (Å²) in [6, 6.07) is 0. The van der Waals surface area contributed by atoms with E-state index in [1.165, 1.54) is 4.31 Å². The number of aryl methyl sites for hydroxylation is 2. The number of ether oxygens (including phenoxy) is 1. The summed E-state index contributed by atoms with van der Waals surface area (Å²) in [6.07, 6.45) is -0.835. The minimum atomic E-state index is -3.68. The van der Waals surface area contributed by atoms with E-state index in [9.17, 15) is 13.2 Å². The van der Waals surface area contributed by atoms with Crippen LogP contribution in [-0.2, 0) is 19.6 Å². The Bertz CT molecular complexity index is 590. The third-order valence-corrected chi connectivity index (χ3v) is 5.29. The van der Waals surface area contributed by atoms with Gasteiger partial charge in [-0.1, -0.05) is 0 Å². The first-order chi connectivity index (χ1) is 9.32. The monoisotopic (exact) mass is 303 g/mol. The lowest BCUT2D eigenvalue weighted by atomic mass is 10.2. The van der Waals surface area contributed by atoms with Gasteiger partial charge in [0, 0.05) is 13.1 Å². The van der Waals surface area contributed by atoms with Crippen LogP contribution in [0.5, 0.6) is 0 Å². The van der Waals surface area contributed by atoms with Crippen molar-refractivity contribution in [2.75, 3.05) is 19.7 Å². The van der Waals surface area contributed by atoms with E-state index in [4.69, 9.17) is 9.84 Å². The van der Waals surface area contributed by atoms with E-state index < -0.39 is 22.1 Å². The third-order valence-electron chi connectivity index (χ3n) is 3.16. The smallest absolute Gasteiger partial charge is 0.306 e. The molecular weight excluding hydrogens is 286 g/mol. The molecule has 8 nitrogen and oxygen atoms in total. The van der Waals surface area contributed by atoms with E-state index in [0.29, 0.717) is 11.4 Å². The lowest BCUT2D eigenvalue weighted by Gasteiger charge is -2.31. The highest BCUT2D eigenvalue weighted by Gasteiger charge is 2.34. The van der Waals surface area contributed by atoms with Crippen LogP contribution < -0.4 is 0 Å². The lowest BCUT2D eigenvalue weighted by molar-refractivity contribution is -0.141. The Balaban J connectivity index is 2.24. The molecule has 1 aliphatic heterocycles. The zero-order valence-corrected chi connectivity index (χ0v) is 12.1. The molecule has 1 aromatic rings. The number of H-pyrrole nitrogens is 1. The topological polar surface area (TPSA) is 113 Å². The van der Waals surface area contributed by atoms with Crippen molar-refractivity contribution in [2.24, 2.45) is 0 Å². The Kier molecular flexibility index (Phi) is 4.11. The maximum atomic E-state index is 12.6. The van der Waals surface area contributed by atoms with Crippen molar-refractivity contribution in [3.63, 3.8) is 0 Å². The highest BCUT2D eigenvalue weighted by atomic mass is 32.2. The number of sulfonamides is 1. The fraction of sp³-hybridized carbons (Fsp3) is 0.636. The van der Waals surface area contributed by atoms with Crippen LogP contribution in [0.1, 0.15) is 17.8 Å². The Morgan fingerprint density at radius 3 is 2.80 bits per heavy atom. The van der Waals surface area contributed by atoms with Crippen LogP contribution in [0.15, 0.2) is 4.90 Å². The second-order valence-corrected chi connectivity index (χ2v) is 6.59. The van der Waals surface area contributed by atoms with Gasteiger partial charge in [-0.2, -0.15) is 9.40 Å². The van der Waals surface area contributed by atoms with E-state index in [0.717, 1.165) is 0 Å². The van der Waals surface area contributed by atoms with Crippen LogP contribution in [0.4, 0.5) is 0 Å². The number of hydrogen-bond acceptors (Lipinski definition) is 5. The number of hydrogen-bond donors (Lipinski definition) is 2. The van der Waals surface area contributed by atoms with E-state index in [2.05, 4.69) is 10.2 Å². The van der Waals surface area contributed by atoms with Crippen molar-refractivity contribution in [1.29, 1.82) is 0 Å². The molecule has 1 aromatic heterocycles. The van der Waals surface area contributed by atoms with E-state index in [-0.39, 0.29) is 31.0 Å². The zero-order chi connectivity index (χ0) is 14.9. The SMILES string of the molecule is Cc1n[nH]c(C)c1S(=O)(=O)N1CCOC(CC(=O)O)C1. The van der Waals surface area contributed by atoms with Crippen molar-refractivity contribution in [1.82, 2.24) is 14.5 Å². The van der Waals surface area contributed by atoms with Gasteiger partial charge in [-0.15, -0.1) is 0 Å². The molecule has 9 heteroatoms. The van der Waals surface area contributed by atoms with Gasteiger partial charge in [-0.25, -0.2) is 8.42 Å². The Labute approximate surface area is 116 Å². The molecular formula is C11H17N3O5S. The van der Waals surface area contributed by atoms with Gasteiger partial charge in [0.2, 0.25) is 10.0 Å². The summed E-state index contributed by atoms with van der Waals surface area (Å²) in [5.74, 6) is -1.01. The molecule has 2 heterocycles. The van der Waals surface area contributed by atoms with Gasteiger partial charge < -0.3 is 9.84 Å². The number of carboxylic acids is 1. The lowest BCUT2D eigenvalue weighted by Crippen LogP contribution is -2.46. The van der Waals surface area contributed by atoms with Gasteiger partial charge in [0.15, 0.2) is 0 Å². The summed E-state index contributed by atoms with van der Waals surface area (Å²) in [7, 11) is -3.68. The van der Waals surface area contributed by atoms with Crippen molar-refractivity contribution in [3.8, 4) is 0 Å². The Morgan fingerprint density at radius 1 is 1.55 bits per heavy atom. The number of carbonyl (C=O) groups is 1. The minimum absolute atomic E-state index is 0.0404. The van der Waals surface area contributed by atoms with Gasteiger partial charge in [0.25, 0.3) is 0 Å². The maximum absolute atomic E-state index is 12.6. The first kappa shape index (κ1) is 14.9. The fourth-order valence-electron chi connectivity index (χ4n) is 2.28.